The number of nitrogens with one attached hydrogen (secondary N) is 1. The molecule has 0 saturated carbocycles. The maximum Gasteiger partial charge on any atom is 0.228 e. The number of piperidine rings is 1. The number of hydrogen-bond donors (Lipinski definition) is 1. The van der Waals surface area contributed by atoms with E-state index in [2.05, 4.69) is 44.8 Å². The molecule has 1 aliphatic heterocycles. The predicted octanol–water partition coefficient (Wildman–Crippen LogP) is 2.66. The van der Waals surface area contributed by atoms with Crippen molar-refractivity contribution in [2.24, 2.45) is 11.3 Å². The Kier molecular flexibility index (Phi) is 5.64. The van der Waals surface area contributed by atoms with Crippen LogP contribution in [0.2, 0.25) is 0 Å². The van der Waals surface area contributed by atoms with Gasteiger partial charge in [-0.2, -0.15) is 0 Å². The summed E-state index contributed by atoms with van der Waals surface area (Å²) < 4.78 is 0. The number of carbonyl (C=O) groups is 1. The minimum atomic E-state index is -0.205. The van der Waals surface area contributed by atoms with Gasteiger partial charge in [0.25, 0.3) is 0 Å². The Labute approximate surface area is 112 Å². The van der Waals surface area contributed by atoms with Gasteiger partial charge >= 0.3 is 0 Å². The zero-order valence-corrected chi connectivity index (χ0v) is 12.8. The predicted molar refractivity (Wildman–Crippen MR) is 76.5 cm³/mol. The first-order valence-electron chi connectivity index (χ1n) is 7.45. The van der Waals surface area contributed by atoms with E-state index in [9.17, 15) is 4.79 Å². The first-order valence-corrected chi connectivity index (χ1v) is 7.45. The highest BCUT2D eigenvalue weighted by Gasteiger charge is 2.34. The molecule has 2 unspecified atom stereocenters. The van der Waals surface area contributed by atoms with Gasteiger partial charge in [0.15, 0.2) is 0 Å². The van der Waals surface area contributed by atoms with E-state index in [-0.39, 0.29) is 5.41 Å². The Bertz CT molecular complexity index is 276. The molecule has 106 valence electrons. The molecule has 0 aromatic rings. The summed E-state index contributed by atoms with van der Waals surface area (Å²) in [6, 6.07) is 0.582. The third-order valence-electron chi connectivity index (χ3n) is 4.31. The zero-order chi connectivity index (χ0) is 13.8. The molecule has 3 heteroatoms. The molecule has 2 atom stereocenters. The minimum absolute atomic E-state index is 0.205. The lowest BCUT2D eigenvalue weighted by Gasteiger charge is -2.40. The molecule has 0 aromatic heterocycles. The smallest absolute Gasteiger partial charge is 0.228 e. The van der Waals surface area contributed by atoms with Crippen LogP contribution in [0.5, 0.6) is 0 Å². The largest absolute Gasteiger partial charge is 0.342 e. The Morgan fingerprint density at radius 1 is 1.39 bits per heavy atom. The maximum atomic E-state index is 12.4. The molecule has 1 rings (SSSR count). The van der Waals surface area contributed by atoms with Gasteiger partial charge in [-0.05, 0) is 31.7 Å². The third-order valence-corrected chi connectivity index (χ3v) is 4.31. The number of nitrogens with zero attached hydrogens (tertiary/aromatic N) is 1. The molecule has 1 heterocycles. The summed E-state index contributed by atoms with van der Waals surface area (Å²) in [5.74, 6) is 0.882. The molecule has 18 heavy (non-hydrogen) atoms. The van der Waals surface area contributed by atoms with E-state index < -0.39 is 0 Å². The SMILES string of the molecule is CCCNC1CCN(C(=O)C(C)(C)CC)CC1C. The summed E-state index contributed by atoms with van der Waals surface area (Å²) in [4.78, 5) is 14.5. The van der Waals surface area contributed by atoms with E-state index in [0.29, 0.717) is 17.9 Å². The zero-order valence-electron chi connectivity index (χ0n) is 12.8. The van der Waals surface area contributed by atoms with E-state index in [1.165, 1.54) is 6.42 Å². The molecule has 0 spiro atoms. The van der Waals surface area contributed by atoms with E-state index in [1.807, 2.05) is 0 Å². The highest BCUT2D eigenvalue weighted by atomic mass is 16.2. The number of amides is 1. The van der Waals surface area contributed by atoms with Crippen molar-refractivity contribution in [2.45, 2.75) is 59.9 Å². The molecule has 1 aliphatic rings. The average molecular weight is 254 g/mol. The van der Waals surface area contributed by atoms with Gasteiger partial charge in [-0.25, -0.2) is 0 Å². The normalized spacial score (nSPS) is 25.3. The standard InChI is InChI=1S/C15H30N2O/c1-6-9-16-13-8-10-17(11-12(13)3)14(18)15(4,5)7-2/h12-13,16H,6-11H2,1-5H3. The van der Waals surface area contributed by atoms with Gasteiger partial charge in [-0.15, -0.1) is 0 Å². The second-order valence-electron chi connectivity index (χ2n) is 6.32. The summed E-state index contributed by atoms with van der Waals surface area (Å²) in [5.41, 5.74) is -0.205. The van der Waals surface area contributed by atoms with Crippen LogP contribution >= 0.6 is 0 Å². The minimum Gasteiger partial charge on any atom is -0.342 e. The summed E-state index contributed by atoms with van der Waals surface area (Å²) in [6.45, 7) is 13.6. The van der Waals surface area contributed by atoms with Crippen LogP contribution in [-0.4, -0.2) is 36.5 Å². The molecule has 3 nitrogen and oxygen atoms in total. The Morgan fingerprint density at radius 2 is 2.06 bits per heavy atom. The van der Waals surface area contributed by atoms with Gasteiger partial charge in [-0.3, -0.25) is 4.79 Å². The van der Waals surface area contributed by atoms with Gasteiger partial charge in [-0.1, -0.05) is 34.6 Å². The lowest BCUT2D eigenvalue weighted by Crippen LogP contribution is -2.52. The van der Waals surface area contributed by atoms with Crippen LogP contribution in [0, 0.1) is 11.3 Å². The topological polar surface area (TPSA) is 32.3 Å². The van der Waals surface area contributed by atoms with Crippen LogP contribution in [0.3, 0.4) is 0 Å². The molecule has 0 aromatic carbocycles. The Hall–Kier alpha value is -0.570. The highest BCUT2D eigenvalue weighted by Crippen LogP contribution is 2.26. The van der Waals surface area contributed by atoms with E-state index in [0.717, 1.165) is 32.5 Å². The molecule has 1 saturated heterocycles. The number of carbonyl (C=O) groups excluding carboxylic acids is 1. The fraction of sp³-hybridized carbons (Fsp3) is 0.933. The monoisotopic (exact) mass is 254 g/mol. The van der Waals surface area contributed by atoms with Gasteiger partial charge in [0, 0.05) is 24.5 Å². The summed E-state index contributed by atoms with van der Waals surface area (Å²) in [6.07, 6.45) is 3.18. The molecule has 0 aliphatic carbocycles. The van der Waals surface area contributed by atoms with E-state index in [4.69, 9.17) is 0 Å². The van der Waals surface area contributed by atoms with Crippen molar-refractivity contribution in [3.05, 3.63) is 0 Å². The first kappa shape index (κ1) is 15.5. The lowest BCUT2D eigenvalue weighted by molar-refractivity contribution is -0.142. The van der Waals surface area contributed by atoms with Crippen LogP contribution < -0.4 is 5.32 Å². The molecule has 0 radical (unpaired) electrons. The molecule has 0 bridgehead atoms. The quantitative estimate of drug-likeness (QED) is 0.818. The van der Waals surface area contributed by atoms with Crippen molar-refractivity contribution >= 4 is 5.91 Å². The molecular weight excluding hydrogens is 224 g/mol. The Morgan fingerprint density at radius 3 is 2.56 bits per heavy atom. The fourth-order valence-electron chi connectivity index (χ4n) is 2.54. The van der Waals surface area contributed by atoms with Crippen molar-refractivity contribution in [2.75, 3.05) is 19.6 Å². The second-order valence-corrected chi connectivity index (χ2v) is 6.32. The van der Waals surface area contributed by atoms with Gasteiger partial charge in [0.05, 0.1) is 0 Å². The van der Waals surface area contributed by atoms with Crippen molar-refractivity contribution in [1.82, 2.24) is 10.2 Å². The van der Waals surface area contributed by atoms with Crippen molar-refractivity contribution < 1.29 is 4.79 Å². The van der Waals surface area contributed by atoms with Crippen LogP contribution in [-0.2, 0) is 4.79 Å². The van der Waals surface area contributed by atoms with Crippen molar-refractivity contribution in [3.8, 4) is 0 Å². The van der Waals surface area contributed by atoms with E-state index in [1.54, 1.807) is 0 Å². The number of rotatable bonds is 5. The van der Waals surface area contributed by atoms with Crippen LogP contribution in [0.4, 0.5) is 0 Å². The molecule has 1 amide bonds. The van der Waals surface area contributed by atoms with Crippen LogP contribution in [0.15, 0.2) is 0 Å². The summed E-state index contributed by atoms with van der Waals surface area (Å²) in [5, 5.41) is 3.60. The number of hydrogen-bond acceptors (Lipinski definition) is 2. The van der Waals surface area contributed by atoms with Crippen molar-refractivity contribution in [1.29, 1.82) is 0 Å². The van der Waals surface area contributed by atoms with Gasteiger partial charge < -0.3 is 10.2 Å². The van der Waals surface area contributed by atoms with Crippen LogP contribution in [0.1, 0.15) is 53.9 Å². The van der Waals surface area contributed by atoms with Gasteiger partial charge in [0.1, 0.15) is 0 Å². The lowest BCUT2D eigenvalue weighted by atomic mass is 9.86. The first-order chi connectivity index (χ1) is 8.42. The molecule has 1 fully saturated rings. The average Bonchev–Trinajstić information content (AvgIpc) is 2.36. The Balaban J connectivity index is 2.53. The fourth-order valence-corrected chi connectivity index (χ4v) is 2.54. The molecular formula is C15H30N2O. The highest BCUT2D eigenvalue weighted by molar-refractivity contribution is 5.82. The summed E-state index contributed by atoms with van der Waals surface area (Å²) >= 11 is 0. The molecule has 1 N–H and O–H groups in total. The number of likely N-dealkylation sites (tertiary alicyclic amines) is 1. The maximum absolute atomic E-state index is 12.4. The van der Waals surface area contributed by atoms with E-state index >= 15 is 0 Å². The summed E-state index contributed by atoms with van der Waals surface area (Å²) in [7, 11) is 0. The second kappa shape index (κ2) is 6.55. The third kappa shape index (κ3) is 3.71. The van der Waals surface area contributed by atoms with Gasteiger partial charge in [0.2, 0.25) is 5.91 Å². The van der Waals surface area contributed by atoms with Crippen molar-refractivity contribution in [3.63, 3.8) is 0 Å². The van der Waals surface area contributed by atoms with Crippen LogP contribution in [0.25, 0.3) is 0 Å².